The number of rotatable bonds is 3. The van der Waals surface area contributed by atoms with E-state index in [1.807, 2.05) is 19.9 Å². The van der Waals surface area contributed by atoms with Gasteiger partial charge in [0.25, 0.3) is 5.91 Å². The van der Waals surface area contributed by atoms with Crippen LogP contribution in [0.15, 0.2) is 23.1 Å². The number of anilines is 1. The summed E-state index contributed by atoms with van der Waals surface area (Å²) in [5, 5.41) is 5.49. The molecule has 1 aromatic rings. The molecular weight excluding hydrogens is 262 g/mol. The molecule has 1 aromatic carbocycles. The quantitative estimate of drug-likeness (QED) is 0.776. The Bertz CT molecular complexity index is 519. The minimum absolute atomic E-state index is 0.0367. The zero-order valence-corrected chi connectivity index (χ0v) is 11.7. The Labute approximate surface area is 116 Å². The molecular formula is C13H17N3O2S. The fourth-order valence-electron chi connectivity index (χ4n) is 1.72. The average molecular weight is 279 g/mol. The van der Waals surface area contributed by atoms with Crippen molar-refractivity contribution >= 4 is 29.3 Å². The van der Waals surface area contributed by atoms with E-state index in [1.165, 1.54) is 11.8 Å². The van der Waals surface area contributed by atoms with Gasteiger partial charge in [0, 0.05) is 23.0 Å². The Morgan fingerprint density at radius 3 is 3.00 bits per heavy atom. The number of carbonyl (C=O) groups is 2. The summed E-state index contributed by atoms with van der Waals surface area (Å²) >= 11 is 1.50. The summed E-state index contributed by atoms with van der Waals surface area (Å²) in [6, 6.07) is 5.24. The molecule has 6 heteroatoms. The number of nitrogens with two attached hydrogens (primary N) is 1. The molecule has 1 aliphatic rings. The van der Waals surface area contributed by atoms with E-state index in [0.717, 1.165) is 4.90 Å². The number of carbonyl (C=O) groups excluding carboxylic acids is 2. The normalized spacial score (nSPS) is 19.3. The number of amides is 2. The molecule has 0 saturated heterocycles. The molecule has 1 aliphatic heterocycles. The molecule has 19 heavy (non-hydrogen) atoms. The molecule has 2 amide bonds. The van der Waals surface area contributed by atoms with Crippen LogP contribution in [0.5, 0.6) is 0 Å². The summed E-state index contributed by atoms with van der Waals surface area (Å²) in [5.41, 5.74) is 6.69. The number of fused-ring (bicyclic) bond motifs is 1. The van der Waals surface area contributed by atoms with Crippen molar-refractivity contribution in [1.82, 2.24) is 5.32 Å². The van der Waals surface area contributed by atoms with Gasteiger partial charge in [0.05, 0.1) is 10.9 Å². The number of hydrogen-bond donors (Lipinski definition) is 3. The van der Waals surface area contributed by atoms with Crippen LogP contribution in [0.25, 0.3) is 0 Å². The second-order valence-electron chi connectivity index (χ2n) is 4.57. The maximum absolute atomic E-state index is 12.0. The Balaban J connectivity index is 2.19. The average Bonchev–Trinajstić information content (AvgIpc) is 2.39. The van der Waals surface area contributed by atoms with Crippen LogP contribution >= 0.6 is 11.8 Å². The van der Waals surface area contributed by atoms with Gasteiger partial charge in [-0.25, -0.2) is 0 Å². The van der Waals surface area contributed by atoms with E-state index < -0.39 is 0 Å². The summed E-state index contributed by atoms with van der Waals surface area (Å²) in [6.45, 7) is 4.09. The number of thioether (sulfide) groups is 1. The topological polar surface area (TPSA) is 84.2 Å². The van der Waals surface area contributed by atoms with Crippen LogP contribution in [0, 0.1) is 0 Å². The molecule has 1 unspecified atom stereocenters. The predicted octanol–water partition coefficient (Wildman–Crippen LogP) is 1.20. The van der Waals surface area contributed by atoms with Gasteiger partial charge in [-0.1, -0.05) is 0 Å². The van der Waals surface area contributed by atoms with Crippen molar-refractivity contribution in [1.29, 1.82) is 0 Å². The second kappa shape index (κ2) is 5.63. The highest BCUT2D eigenvalue weighted by Crippen LogP contribution is 2.35. The first kappa shape index (κ1) is 13.9. The first-order chi connectivity index (χ1) is 9.01. The molecule has 0 spiro atoms. The van der Waals surface area contributed by atoms with E-state index in [1.54, 1.807) is 12.1 Å². The summed E-state index contributed by atoms with van der Waals surface area (Å²) in [6.07, 6.45) is 0. The lowest BCUT2D eigenvalue weighted by Crippen LogP contribution is -2.37. The van der Waals surface area contributed by atoms with E-state index in [2.05, 4.69) is 10.6 Å². The largest absolute Gasteiger partial charge is 0.348 e. The molecule has 0 saturated carbocycles. The van der Waals surface area contributed by atoms with E-state index >= 15 is 0 Å². The molecule has 1 heterocycles. The molecule has 5 nitrogen and oxygen atoms in total. The van der Waals surface area contributed by atoms with E-state index in [-0.39, 0.29) is 23.1 Å². The highest BCUT2D eigenvalue weighted by atomic mass is 32.2. The third-order valence-corrected chi connectivity index (χ3v) is 4.08. The lowest BCUT2D eigenvalue weighted by atomic mass is 10.1. The standard InChI is InChI=1S/C13H17N3O2S/c1-7(6-14)15-13(18)9-3-4-11-10(5-9)16-12(17)8(2)19-11/h3-5,7-8H,6,14H2,1-2H3,(H,15,18)(H,16,17)/t7-,8?/m0/s1. The van der Waals surface area contributed by atoms with Crippen LogP contribution in [0.3, 0.4) is 0 Å². The summed E-state index contributed by atoms with van der Waals surface area (Å²) in [7, 11) is 0. The Hall–Kier alpha value is -1.53. The number of hydrogen-bond acceptors (Lipinski definition) is 4. The van der Waals surface area contributed by atoms with E-state index in [0.29, 0.717) is 17.8 Å². The van der Waals surface area contributed by atoms with Gasteiger partial charge in [-0.2, -0.15) is 0 Å². The summed E-state index contributed by atoms with van der Waals surface area (Å²) in [5.74, 6) is -0.219. The zero-order valence-electron chi connectivity index (χ0n) is 10.9. The Morgan fingerprint density at radius 1 is 1.58 bits per heavy atom. The molecule has 4 N–H and O–H groups in total. The first-order valence-corrected chi connectivity index (χ1v) is 7.01. The van der Waals surface area contributed by atoms with Crippen LogP contribution in [-0.2, 0) is 4.79 Å². The molecule has 2 rings (SSSR count). The molecule has 102 valence electrons. The lowest BCUT2D eigenvalue weighted by Gasteiger charge is -2.22. The van der Waals surface area contributed by atoms with E-state index in [9.17, 15) is 9.59 Å². The maximum atomic E-state index is 12.0. The molecule has 0 aromatic heterocycles. The van der Waals surface area contributed by atoms with E-state index in [4.69, 9.17) is 5.73 Å². The minimum atomic E-state index is -0.182. The van der Waals surface area contributed by atoms with Crippen LogP contribution in [0.1, 0.15) is 24.2 Å². The van der Waals surface area contributed by atoms with Gasteiger partial charge in [0.2, 0.25) is 5.91 Å². The first-order valence-electron chi connectivity index (χ1n) is 6.13. The van der Waals surface area contributed by atoms with Gasteiger partial charge in [0.1, 0.15) is 0 Å². The highest BCUT2D eigenvalue weighted by Gasteiger charge is 2.23. The zero-order chi connectivity index (χ0) is 14.0. The Morgan fingerprint density at radius 2 is 2.32 bits per heavy atom. The highest BCUT2D eigenvalue weighted by molar-refractivity contribution is 8.00. The maximum Gasteiger partial charge on any atom is 0.251 e. The Kier molecular flexibility index (Phi) is 4.11. The van der Waals surface area contributed by atoms with Gasteiger partial charge in [-0.15, -0.1) is 11.8 Å². The van der Waals surface area contributed by atoms with Crippen LogP contribution in [-0.4, -0.2) is 29.7 Å². The van der Waals surface area contributed by atoms with Crippen molar-refractivity contribution in [2.45, 2.75) is 30.0 Å². The van der Waals surface area contributed by atoms with Crippen LogP contribution in [0.4, 0.5) is 5.69 Å². The molecule has 2 atom stereocenters. The monoisotopic (exact) mass is 279 g/mol. The number of benzene rings is 1. The fraction of sp³-hybridized carbons (Fsp3) is 0.385. The third kappa shape index (κ3) is 3.08. The third-order valence-electron chi connectivity index (χ3n) is 2.90. The van der Waals surface area contributed by atoms with Crippen molar-refractivity contribution in [3.05, 3.63) is 23.8 Å². The predicted molar refractivity (Wildman–Crippen MR) is 76.4 cm³/mol. The smallest absolute Gasteiger partial charge is 0.251 e. The molecule has 0 fully saturated rings. The molecule has 0 aliphatic carbocycles. The lowest BCUT2D eigenvalue weighted by molar-refractivity contribution is -0.115. The summed E-state index contributed by atoms with van der Waals surface area (Å²) < 4.78 is 0. The minimum Gasteiger partial charge on any atom is -0.348 e. The van der Waals surface area contributed by atoms with Crippen molar-refractivity contribution in [2.75, 3.05) is 11.9 Å². The van der Waals surface area contributed by atoms with Gasteiger partial charge in [0.15, 0.2) is 0 Å². The molecule has 0 radical (unpaired) electrons. The molecule has 0 bridgehead atoms. The number of nitrogens with one attached hydrogen (secondary N) is 2. The van der Waals surface area contributed by atoms with Crippen molar-refractivity contribution in [3.8, 4) is 0 Å². The van der Waals surface area contributed by atoms with Crippen LogP contribution in [0.2, 0.25) is 0 Å². The van der Waals surface area contributed by atoms with Gasteiger partial charge in [-0.05, 0) is 32.0 Å². The SMILES string of the molecule is CC1Sc2ccc(C(=O)N[C@@H](C)CN)cc2NC1=O. The van der Waals surface area contributed by atoms with Gasteiger partial charge < -0.3 is 16.4 Å². The van der Waals surface area contributed by atoms with Crippen molar-refractivity contribution in [2.24, 2.45) is 5.73 Å². The fourth-order valence-corrected chi connectivity index (χ4v) is 2.65. The van der Waals surface area contributed by atoms with Crippen molar-refractivity contribution in [3.63, 3.8) is 0 Å². The van der Waals surface area contributed by atoms with Gasteiger partial charge in [-0.3, -0.25) is 9.59 Å². The second-order valence-corrected chi connectivity index (χ2v) is 5.95. The van der Waals surface area contributed by atoms with Crippen molar-refractivity contribution < 1.29 is 9.59 Å². The van der Waals surface area contributed by atoms with Gasteiger partial charge >= 0.3 is 0 Å². The summed E-state index contributed by atoms with van der Waals surface area (Å²) in [4.78, 5) is 24.6. The van der Waals surface area contributed by atoms with Crippen LogP contribution < -0.4 is 16.4 Å².